The van der Waals surface area contributed by atoms with E-state index in [0.717, 1.165) is 23.4 Å². The van der Waals surface area contributed by atoms with Crippen molar-refractivity contribution in [3.8, 4) is 0 Å². The summed E-state index contributed by atoms with van der Waals surface area (Å²) in [4.78, 5) is 10.7. The van der Waals surface area contributed by atoms with Gasteiger partial charge in [0.25, 0.3) is 0 Å². The molecule has 1 unspecified atom stereocenters. The second kappa shape index (κ2) is 4.86. The molecule has 5 heteroatoms. The Morgan fingerprint density at radius 1 is 1.40 bits per heavy atom. The van der Waals surface area contributed by atoms with Gasteiger partial charge in [-0.05, 0) is 48.4 Å². The fourth-order valence-corrected chi connectivity index (χ4v) is 4.30. The van der Waals surface area contributed by atoms with Gasteiger partial charge in [-0.15, -0.1) is 22.9 Å². The molecule has 0 radical (unpaired) electrons. The van der Waals surface area contributed by atoms with Crippen LogP contribution in [0.25, 0.3) is 11.2 Å². The summed E-state index contributed by atoms with van der Waals surface area (Å²) in [5, 5.41) is 2.19. The SMILES string of the molecule is ClCc1nc2cccnc2n1C1CCCc2sccc21. The number of rotatable bonds is 2. The van der Waals surface area contributed by atoms with E-state index in [4.69, 9.17) is 11.6 Å². The maximum Gasteiger partial charge on any atom is 0.160 e. The molecular formula is C15H14ClN3S. The fraction of sp³-hybridized carbons (Fsp3) is 0.333. The molecular weight excluding hydrogens is 290 g/mol. The van der Waals surface area contributed by atoms with Gasteiger partial charge < -0.3 is 4.57 Å². The van der Waals surface area contributed by atoms with Crippen molar-refractivity contribution in [2.45, 2.75) is 31.2 Å². The zero-order valence-corrected chi connectivity index (χ0v) is 12.5. The van der Waals surface area contributed by atoms with E-state index < -0.39 is 0 Å². The van der Waals surface area contributed by atoms with Crippen molar-refractivity contribution in [2.24, 2.45) is 0 Å². The van der Waals surface area contributed by atoms with Crippen molar-refractivity contribution in [2.75, 3.05) is 0 Å². The van der Waals surface area contributed by atoms with Gasteiger partial charge in [-0.25, -0.2) is 9.97 Å². The van der Waals surface area contributed by atoms with E-state index in [1.165, 1.54) is 23.3 Å². The van der Waals surface area contributed by atoms with E-state index in [1.54, 1.807) is 0 Å². The number of fused-ring (bicyclic) bond motifs is 2. The average Bonchev–Trinajstić information content (AvgIpc) is 3.10. The maximum absolute atomic E-state index is 6.12. The van der Waals surface area contributed by atoms with E-state index in [0.29, 0.717) is 11.9 Å². The zero-order valence-electron chi connectivity index (χ0n) is 10.9. The molecule has 102 valence electrons. The highest BCUT2D eigenvalue weighted by Gasteiger charge is 2.26. The second-order valence-corrected chi connectivity index (χ2v) is 6.35. The molecule has 0 aliphatic heterocycles. The molecule has 0 bridgehead atoms. The molecule has 4 rings (SSSR count). The first kappa shape index (κ1) is 12.4. The summed E-state index contributed by atoms with van der Waals surface area (Å²) < 4.78 is 2.24. The maximum atomic E-state index is 6.12. The standard InChI is InChI=1S/C15H14ClN3S/c16-9-14-18-11-3-2-7-17-15(11)19(14)12-4-1-5-13-10(12)6-8-20-13/h2-3,6-8,12H,1,4-5,9H2. The fourth-order valence-electron chi connectivity index (χ4n) is 3.13. The molecule has 0 spiro atoms. The lowest BCUT2D eigenvalue weighted by molar-refractivity contribution is 0.492. The molecule has 3 aromatic rings. The molecule has 0 amide bonds. The van der Waals surface area contributed by atoms with E-state index in [2.05, 4.69) is 26.0 Å². The van der Waals surface area contributed by atoms with Crippen molar-refractivity contribution < 1.29 is 0 Å². The summed E-state index contributed by atoms with van der Waals surface area (Å²) in [7, 11) is 0. The summed E-state index contributed by atoms with van der Waals surface area (Å²) in [5.41, 5.74) is 3.32. The Kier molecular flexibility index (Phi) is 3.00. The van der Waals surface area contributed by atoms with Gasteiger partial charge in [0, 0.05) is 11.1 Å². The lowest BCUT2D eigenvalue weighted by Gasteiger charge is -2.25. The van der Waals surface area contributed by atoms with Gasteiger partial charge in [-0.1, -0.05) is 0 Å². The van der Waals surface area contributed by atoms with Crippen LogP contribution in [-0.2, 0) is 12.3 Å². The van der Waals surface area contributed by atoms with Crippen molar-refractivity contribution in [1.29, 1.82) is 0 Å². The molecule has 0 aromatic carbocycles. The first-order valence-electron chi connectivity index (χ1n) is 6.82. The molecule has 0 fully saturated rings. The van der Waals surface area contributed by atoms with Crippen LogP contribution in [0.5, 0.6) is 0 Å². The quantitative estimate of drug-likeness (QED) is 0.666. The second-order valence-electron chi connectivity index (χ2n) is 5.08. The van der Waals surface area contributed by atoms with Crippen LogP contribution in [0.1, 0.15) is 35.1 Å². The Balaban J connectivity index is 1.95. The number of aryl methyl sites for hydroxylation is 1. The lowest BCUT2D eigenvalue weighted by atomic mass is 9.93. The Labute approximate surface area is 126 Å². The first-order chi connectivity index (χ1) is 9.88. The minimum atomic E-state index is 0.332. The number of hydrogen-bond donors (Lipinski definition) is 0. The van der Waals surface area contributed by atoms with Crippen LogP contribution in [0.2, 0.25) is 0 Å². The van der Waals surface area contributed by atoms with Gasteiger partial charge in [0.1, 0.15) is 11.3 Å². The lowest BCUT2D eigenvalue weighted by Crippen LogP contribution is -2.17. The molecule has 3 nitrogen and oxygen atoms in total. The van der Waals surface area contributed by atoms with Crippen molar-refractivity contribution >= 4 is 34.1 Å². The zero-order chi connectivity index (χ0) is 13.5. The average molecular weight is 304 g/mol. The molecule has 1 atom stereocenters. The molecule has 0 N–H and O–H groups in total. The van der Waals surface area contributed by atoms with Gasteiger partial charge in [0.15, 0.2) is 5.65 Å². The van der Waals surface area contributed by atoms with E-state index in [-0.39, 0.29) is 0 Å². The molecule has 1 aliphatic rings. The number of alkyl halides is 1. The van der Waals surface area contributed by atoms with Crippen molar-refractivity contribution in [1.82, 2.24) is 14.5 Å². The van der Waals surface area contributed by atoms with Crippen LogP contribution in [-0.4, -0.2) is 14.5 Å². The summed E-state index contributed by atoms with van der Waals surface area (Å²) in [6.07, 6.45) is 5.37. The van der Waals surface area contributed by atoms with Gasteiger partial charge in [-0.3, -0.25) is 0 Å². The molecule has 3 heterocycles. The normalized spacial score (nSPS) is 18.4. The van der Waals surface area contributed by atoms with E-state index in [1.807, 2.05) is 29.7 Å². The highest BCUT2D eigenvalue weighted by molar-refractivity contribution is 7.10. The van der Waals surface area contributed by atoms with E-state index in [9.17, 15) is 0 Å². The minimum absolute atomic E-state index is 0.332. The van der Waals surface area contributed by atoms with Gasteiger partial charge >= 0.3 is 0 Å². The number of imidazole rings is 1. The van der Waals surface area contributed by atoms with Crippen molar-refractivity contribution in [3.05, 3.63) is 46.0 Å². The van der Waals surface area contributed by atoms with Crippen LogP contribution in [0.4, 0.5) is 0 Å². The Morgan fingerprint density at radius 2 is 2.35 bits per heavy atom. The Morgan fingerprint density at radius 3 is 3.25 bits per heavy atom. The Bertz CT molecular complexity index is 761. The number of aromatic nitrogens is 3. The van der Waals surface area contributed by atoms with Gasteiger partial charge in [0.2, 0.25) is 0 Å². The van der Waals surface area contributed by atoms with Crippen molar-refractivity contribution in [3.63, 3.8) is 0 Å². The van der Waals surface area contributed by atoms with Crippen LogP contribution < -0.4 is 0 Å². The molecule has 0 saturated carbocycles. The monoisotopic (exact) mass is 303 g/mol. The summed E-state index contributed by atoms with van der Waals surface area (Å²) in [5.74, 6) is 1.34. The van der Waals surface area contributed by atoms with Gasteiger partial charge in [0.05, 0.1) is 11.9 Å². The van der Waals surface area contributed by atoms with Crippen LogP contribution in [0.3, 0.4) is 0 Å². The molecule has 20 heavy (non-hydrogen) atoms. The Hall–Kier alpha value is -1.39. The number of halogens is 1. The smallest absolute Gasteiger partial charge is 0.160 e. The molecule has 0 saturated heterocycles. The van der Waals surface area contributed by atoms with Crippen LogP contribution in [0.15, 0.2) is 29.8 Å². The number of thiophene rings is 1. The number of nitrogens with zero attached hydrogens (tertiary/aromatic N) is 3. The third-order valence-corrected chi connectivity index (χ3v) is 5.21. The van der Waals surface area contributed by atoms with E-state index >= 15 is 0 Å². The third kappa shape index (κ3) is 1.79. The van der Waals surface area contributed by atoms with Crippen LogP contribution in [0, 0.1) is 0 Å². The highest BCUT2D eigenvalue weighted by atomic mass is 35.5. The molecule has 1 aliphatic carbocycles. The predicted molar refractivity (Wildman–Crippen MR) is 82.5 cm³/mol. The summed E-state index contributed by atoms with van der Waals surface area (Å²) in [6, 6.07) is 6.51. The largest absolute Gasteiger partial charge is 0.304 e. The summed E-state index contributed by atoms with van der Waals surface area (Å²) in [6.45, 7) is 0. The summed E-state index contributed by atoms with van der Waals surface area (Å²) >= 11 is 7.97. The van der Waals surface area contributed by atoms with Crippen LogP contribution >= 0.6 is 22.9 Å². The first-order valence-corrected chi connectivity index (χ1v) is 8.24. The number of hydrogen-bond acceptors (Lipinski definition) is 3. The highest BCUT2D eigenvalue weighted by Crippen LogP contribution is 2.38. The predicted octanol–water partition coefficient (Wildman–Crippen LogP) is 4.16. The topological polar surface area (TPSA) is 30.7 Å². The number of pyridine rings is 1. The van der Waals surface area contributed by atoms with Gasteiger partial charge in [-0.2, -0.15) is 0 Å². The minimum Gasteiger partial charge on any atom is -0.304 e. The third-order valence-electron chi connectivity index (χ3n) is 3.97. The molecule has 3 aromatic heterocycles.